The number of nitrogens with one attached hydrogen (secondary N) is 1. The third-order valence-electron chi connectivity index (χ3n) is 6.39. The molecule has 3 aromatic rings. The number of anilines is 1. The molecule has 1 unspecified atom stereocenters. The van der Waals surface area contributed by atoms with Crippen LogP contribution in [0, 0.1) is 19.8 Å². The Labute approximate surface area is 236 Å². The Kier molecular flexibility index (Phi) is 10.2. The van der Waals surface area contributed by atoms with Crippen molar-refractivity contribution in [1.29, 1.82) is 0 Å². The van der Waals surface area contributed by atoms with Gasteiger partial charge in [-0.3, -0.25) is 13.9 Å². The monoisotopic (exact) mass is 569 g/mol. The van der Waals surface area contributed by atoms with Gasteiger partial charge in [0, 0.05) is 18.1 Å². The minimum atomic E-state index is -4.14. The van der Waals surface area contributed by atoms with E-state index in [1.54, 1.807) is 38.1 Å². The third kappa shape index (κ3) is 7.83. The number of halogens is 1. The van der Waals surface area contributed by atoms with Crippen LogP contribution in [0.1, 0.15) is 37.5 Å². The van der Waals surface area contributed by atoms with Crippen molar-refractivity contribution >= 4 is 39.1 Å². The average molecular weight is 570 g/mol. The molecular formula is C30H36ClN3O4S. The number of rotatable bonds is 11. The summed E-state index contributed by atoms with van der Waals surface area (Å²) < 4.78 is 28.8. The number of benzene rings is 3. The Morgan fingerprint density at radius 1 is 0.897 bits per heavy atom. The standard InChI is InChI=1S/C30H36ClN3O4S/c1-21(2)18-32-30(36)24(5)33(19-25-12-10-22(3)11-13-25)29(35)20-34(28-9-7-6-8-23(28)4)39(37,38)27-16-14-26(31)15-17-27/h6-17,21,24H,18-20H2,1-5H3,(H,32,36). The van der Waals surface area contributed by atoms with E-state index in [2.05, 4.69) is 5.32 Å². The Morgan fingerprint density at radius 3 is 2.10 bits per heavy atom. The summed E-state index contributed by atoms with van der Waals surface area (Å²) >= 11 is 6.00. The van der Waals surface area contributed by atoms with Crippen LogP contribution in [0.15, 0.2) is 77.7 Å². The first-order valence-electron chi connectivity index (χ1n) is 12.9. The van der Waals surface area contributed by atoms with E-state index in [9.17, 15) is 18.0 Å². The third-order valence-corrected chi connectivity index (χ3v) is 8.42. The van der Waals surface area contributed by atoms with Gasteiger partial charge < -0.3 is 10.2 Å². The lowest BCUT2D eigenvalue weighted by Gasteiger charge is -2.32. The zero-order chi connectivity index (χ0) is 28.7. The van der Waals surface area contributed by atoms with Crippen LogP contribution in [0.25, 0.3) is 0 Å². The van der Waals surface area contributed by atoms with Crippen molar-refractivity contribution < 1.29 is 18.0 Å². The van der Waals surface area contributed by atoms with Crippen LogP contribution in [0.3, 0.4) is 0 Å². The fourth-order valence-corrected chi connectivity index (χ4v) is 5.62. The maximum Gasteiger partial charge on any atom is 0.264 e. The highest BCUT2D eigenvalue weighted by atomic mass is 35.5. The summed E-state index contributed by atoms with van der Waals surface area (Å²) in [6.07, 6.45) is 0. The lowest BCUT2D eigenvalue weighted by Crippen LogP contribution is -2.51. The van der Waals surface area contributed by atoms with E-state index >= 15 is 0 Å². The van der Waals surface area contributed by atoms with Crippen molar-refractivity contribution in [1.82, 2.24) is 10.2 Å². The molecule has 0 fully saturated rings. The van der Waals surface area contributed by atoms with Gasteiger partial charge in [0.25, 0.3) is 10.0 Å². The maximum absolute atomic E-state index is 13.9. The number of carbonyl (C=O) groups excluding carboxylic acids is 2. The smallest absolute Gasteiger partial charge is 0.264 e. The number of nitrogens with zero attached hydrogens (tertiary/aromatic N) is 2. The summed E-state index contributed by atoms with van der Waals surface area (Å²) in [5.41, 5.74) is 2.98. The van der Waals surface area contributed by atoms with Crippen LogP contribution in [0.4, 0.5) is 5.69 Å². The van der Waals surface area contributed by atoms with E-state index in [0.717, 1.165) is 15.4 Å². The number of amides is 2. The Balaban J connectivity index is 2.02. The molecule has 0 saturated carbocycles. The Hall–Kier alpha value is -3.36. The Morgan fingerprint density at radius 2 is 1.51 bits per heavy atom. The topological polar surface area (TPSA) is 86.8 Å². The van der Waals surface area contributed by atoms with E-state index in [1.165, 1.54) is 29.2 Å². The molecule has 2 amide bonds. The summed E-state index contributed by atoms with van der Waals surface area (Å²) in [7, 11) is -4.14. The number of aryl methyl sites for hydroxylation is 2. The van der Waals surface area contributed by atoms with Crippen LogP contribution >= 0.6 is 11.6 Å². The van der Waals surface area contributed by atoms with Crippen molar-refractivity contribution in [2.45, 2.75) is 52.1 Å². The Bertz CT molecular complexity index is 1390. The van der Waals surface area contributed by atoms with Gasteiger partial charge >= 0.3 is 0 Å². The fraction of sp³-hybridized carbons (Fsp3) is 0.333. The first kappa shape index (κ1) is 30.2. The van der Waals surface area contributed by atoms with Crippen LogP contribution in [-0.4, -0.2) is 44.3 Å². The number of hydrogen-bond donors (Lipinski definition) is 1. The quantitative estimate of drug-likeness (QED) is 0.338. The first-order valence-corrected chi connectivity index (χ1v) is 14.7. The molecule has 1 N–H and O–H groups in total. The average Bonchev–Trinajstić information content (AvgIpc) is 2.90. The molecule has 0 bridgehead atoms. The molecule has 3 aromatic carbocycles. The van der Waals surface area contributed by atoms with Gasteiger partial charge in [0.05, 0.1) is 10.6 Å². The first-order chi connectivity index (χ1) is 18.4. The van der Waals surface area contributed by atoms with Crippen molar-refractivity contribution in [3.05, 3.63) is 94.5 Å². The predicted octanol–water partition coefficient (Wildman–Crippen LogP) is 5.34. The molecule has 0 aliphatic heterocycles. The molecule has 0 aliphatic rings. The van der Waals surface area contributed by atoms with Gasteiger partial charge in [-0.05, 0) is 68.1 Å². The molecule has 0 aromatic heterocycles. The predicted molar refractivity (Wildman–Crippen MR) is 156 cm³/mol. The number of carbonyl (C=O) groups is 2. The van der Waals surface area contributed by atoms with E-state index in [-0.39, 0.29) is 23.3 Å². The molecule has 0 heterocycles. The van der Waals surface area contributed by atoms with Crippen LogP contribution < -0.4 is 9.62 Å². The summed E-state index contributed by atoms with van der Waals surface area (Å²) in [5, 5.41) is 3.29. The molecule has 0 spiro atoms. The largest absolute Gasteiger partial charge is 0.354 e. The highest BCUT2D eigenvalue weighted by Gasteiger charge is 2.33. The van der Waals surface area contributed by atoms with E-state index in [1.807, 2.05) is 45.0 Å². The molecule has 7 nitrogen and oxygen atoms in total. The number of para-hydroxylation sites is 1. The minimum Gasteiger partial charge on any atom is -0.354 e. The molecule has 3 rings (SSSR count). The van der Waals surface area contributed by atoms with Crippen molar-refractivity contribution in [2.24, 2.45) is 5.92 Å². The molecule has 0 radical (unpaired) electrons. The van der Waals surface area contributed by atoms with Crippen molar-refractivity contribution in [2.75, 3.05) is 17.4 Å². The lowest BCUT2D eigenvalue weighted by atomic mass is 10.1. The van der Waals surface area contributed by atoms with Crippen LogP contribution in [-0.2, 0) is 26.2 Å². The second kappa shape index (κ2) is 13.1. The molecule has 208 valence electrons. The van der Waals surface area contributed by atoms with Gasteiger partial charge in [0.2, 0.25) is 11.8 Å². The van der Waals surface area contributed by atoms with Gasteiger partial charge in [-0.2, -0.15) is 0 Å². The SMILES string of the molecule is Cc1ccc(CN(C(=O)CN(c2ccccc2C)S(=O)(=O)c2ccc(Cl)cc2)C(C)C(=O)NCC(C)C)cc1. The molecule has 0 aliphatic carbocycles. The lowest BCUT2D eigenvalue weighted by molar-refractivity contribution is -0.139. The molecule has 0 saturated heterocycles. The van der Waals surface area contributed by atoms with Gasteiger partial charge in [-0.1, -0.05) is 73.5 Å². The summed E-state index contributed by atoms with van der Waals surface area (Å²) in [4.78, 5) is 28.4. The maximum atomic E-state index is 13.9. The van der Waals surface area contributed by atoms with Crippen LogP contribution in [0.5, 0.6) is 0 Å². The van der Waals surface area contributed by atoms with Crippen molar-refractivity contribution in [3.63, 3.8) is 0 Å². The van der Waals surface area contributed by atoms with Crippen LogP contribution in [0.2, 0.25) is 5.02 Å². The molecule has 1 atom stereocenters. The number of hydrogen-bond acceptors (Lipinski definition) is 4. The van der Waals surface area contributed by atoms with E-state index in [4.69, 9.17) is 11.6 Å². The summed E-state index contributed by atoms with van der Waals surface area (Å²) in [5.74, 6) is -0.556. The number of sulfonamides is 1. The van der Waals surface area contributed by atoms with E-state index < -0.39 is 28.5 Å². The van der Waals surface area contributed by atoms with Gasteiger partial charge in [0.1, 0.15) is 12.6 Å². The zero-order valence-electron chi connectivity index (χ0n) is 23.0. The molecular weight excluding hydrogens is 534 g/mol. The fourth-order valence-electron chi connectivity index (χ4n) is 4.02. The summed E-state index contributed by atoms with van der Waals surface area (Å²) in [6, 6.07) is 19.7. The molecule has 39 heavy (non-hydrogen) atoms. The van der Waals surface area contributed by atoms with Gasteiger partial charge in [-0.25, -0.2) is 8.42 Å². The second-order valence-corrected chi connectivity index (χ2v) is 12.4. The van der Waals surface area contributed by atoms with Gasteiger partial charge in [0.15, 0.2) is 0 Å². The summed E-state index contributed by atoms with van der Waals surface area (Å²) in [6.45, 7) is 9.53. The van der Waals surface area contributed by atoms with Gasteiger partial charge in [-0.15, -0.1) is 0 Å². The van der Waals surface area contributed by atoms with Crippen molar-refractivity contribution in [3.8, 4) is 0 Å². The highest BCUT2D eigenvalue weighted by molar-refractivity contribution is 7.92. The highest BCUT2D eigenvalue weighted by Crippen LogP contribution is 2.28. The second-order valence-electron chi connectivity index (χ2n) is 10.1. The normalized spacial score (nSPS) is 12.2. The zero-order valence-corrected chi connectivity index (χ0v) is 24.6. The minimum absolute atomic E-state index is 0.00997. The van der Waals surface area contributed by atoms with E-state index in [0.29, 0.717) is 22.8 Å². The molecule has 9 heteroatoms.